The summed E-state index contributed by atoms with van der Waals surface area (Å²) in [5.74, 6) is -4.67. The van der Waals surface area contributed by atoms with Crippen molar-refractivity contribution in [2.45, 2.75) is 38.9 Å². The lowest BCUT2D eigenvalue weighted by Crippen LogP contribution is -2.40. The first-order chi connectivity index (χ1) is 15.1. The molecule has 0 spiro atoms. The molecular formula is C21H22F5N5O. The molecule has 1 saturated heterocycles. The first kappa shape index (κ1) is 23.5. The van der Waals surface area contributed by atoms with Crippen LogP contribution < -0.4 is 0 Å². The molecule has 0 atom stereocenters. The van der Waals surface area contributed by atoms with Crippen molar-refractivity contribution >= 4 is 5.91 Å². The zero-order chi connectivity index (χ0) is 23.6. The number of hydrogen-bond acceptors (Lipinski definition) is 4. The number of carbonyl (C=O) groups excluding carboxylic acids is 1. The molecular weight excluding hydrogens is 433 g/mol. The number of halogens is 5. The van der Waals surface area contributed by atoms with E-state index < -0.39 is 34.9 Å². The molecule has 1 aromatic heterocycles. The second kappa shape index (κ2) is 9.14. The third-order valence-corrected chi connectivity index (χ3v) is 5.84. The van der Waals surface area contributed by atoms with Crippen molar-refractivity contribution < 1.29 is 26.7 Å². The van der Waals surface area contributed by atoms with Crippen molar-refractivity contribution in [3.63, 3.8) is 0 Å². The number of H-pyrrole nitrogens is 1. The highest BCUT2D eigenvalue weighted by Gasteiger charge is 2.42. The van der Waals surface area contributed by atoms with Gasteiger partial charge in [0.1, 0.15) is 0 Å². The molecule has 0 aromatic carbocycles. The van der Waals surface area contributed by atoms with Gasteiger partial charge >= 0.3 is 6.18 Å². The summed E-state index contributed by atoms with van der Waals surface area (Å²) < 4.78 is 67.9. The molecule has 3 heterocycles. The minimum atomic E-state index is -5.10. The third-order valence-electron chi connectivity index (χ3n) is 5.84. The number of rotatable bonds is 4. The fourth-order valence-corrected chi connectivity index (χ4v) is 4.06. The van der Waals surface area contributed by atoms with Crippen LogP contribution in [-0.2, 0) is 13.0 Å². The van der Waals surface area contributed by atoms with Crippen molar-refractivity contribution in [2.24, 2.45) is 5.92 Å². The number of nitrogens with one attached hydrogen (secondary N) is 1. The van der Waals surface area contributed by atoms with E-state index in [4.69, 9.17) is 5.26 Å². The van der Waals surface area contributed by atoms with Crippen LogP contribution >= 0.6 is 0 Å². The first-order valence-electron chi connectivity index (χ1n) is 10.1. The summed E-state index contributed by atoms with van der Waals surface area (Å²) in [6.45, 7) is 5.57. The molecule has 1 aromatic rings. The Morgan fingerprint density at radius 1 is 1.28 bits per heavy atom. The van der Waals surface area contributed by atoms with Gasteiger partial charge in [0.05, 0.1) is 17.8 Å². The fourth-order valence-electron chi connectivity index (χ4n) is 4.06. The number of likely N-dealkylation sites (tertiary alicyclic amines) is 1. The van der Waals surface area contributed by atoms with Gasteiger partial charge < -0.3 is 9.80 Å². The van der Waals surface area contributed by atoms with Crippen molar-refractivity contribution in [1.82, 2.24) is 20.0 Å². The smallest absolute Gasteiger partial charge is 0.337 e. The molecule has 1 N–H and O–H groups in total. The Labute approximate surface area is 181 Å². The molecule has 11 heteroatoms. The van der Waals surface area contributed by atoms with Crippen LogP contribution in [0.5, 0.6) is 0 Å². The van der Waals surface area contributed by atoms with Crippen LogP contribution in [0.1, 0.15) is 41.5 Å². The summed E-state index contributed by atoms with van der Waals surface area (Å²) in [6.07, 6.45) is -1.70. The lowest BCUT2D eigenvalue weighted by atomic mass is 9.85. The SMILES string of the molecule is C=C(/C(=C(F)\C(F)=C/C)C(F)(F)F)C1CCN(C(=O)c2n[nH]c3c2CCN(C#N)C3)CC1. The molecule has 172 valence electrons. The number of carbonyl (C=O) groups is 1. The average Bonchev–Trinajstić information content (AvgIpc) is 3.20. The largest absolute Gasteiger partial charge is 0.419 e. The molecule has 0 unspecified atom stereocenters. The Morgan fingerprint density at radius 2 is 1.94 bits per heavy atom. The van der Waals surface area contributed by atoms with E-state index in [1.165, 1.54) is 9.80 Å². The van der Waals surface area contributed by atoms with Crippen LogP contribution in [0, 0.1) is 17.4 Å². The molecule has 0 radical (unpaired) electrons. The van der Waals surface area contributed by atoms with E-state index in [0.29, 0.717) is 31.3 Å². The normalized spacial score (nSPS) is 18.7. The maximum atomic E-state index is 14.1. The monoisotopic (exact) mass is 455 g/mol. The molecule has 1 amide bonds. The van der Waals surface area contributed by atoms with E-state index in [-0.39, 0.29) is 37.5 Å². The van der Waals surface area contributed by atoms with E-state index in [9.17, 15) is 26.7 Å². The Bertz CT molecular complexity index is 1010. The number of nitrogens with zero attached hydrogens (tertiary/aromatic N) is 4. The molecule has 0 saturated carbocycles. The highest BCUT2D eigenvalue weighted by molar-refractivity contribution is 5.94. The predicted octanol–water partition coefficient (Wildman–Crippen LogP) is 4.32. The Balaban J connectivity index is 1.71. The van der Waals surface area contributed by atoms with E-state index in [0.717, 1.165) is 12.5 Å². The van der Waals surface area contributed by atoms with Gasteiger partial charge in [0.25, 0.3) is 5.91 Å². The number of hydrogen-bond donors (Lipinski definition) is 1. The molecule has 3 rings (SSSR count). The van der Waals surface area contributed by atoms with Gasteiger partial charge in [-0.3, -0.25) is 9.89 Å². The van der Waals surface area contributed by atoms with Gasteiger partial charge in [-0.2, -0.15) is 23.5 Å². The number of aromatic nitrogens is 2. The van der Waals surface area contributed by atoms with Gasteiger partial charge in [-0.1, -0.05) is 6.58 Å². The standard InChI is InChI=1S/C21H22F5N5O/c1-3-15(22)18(23)17(21(24,25)26)12(2)13-4-8-31(9-5-13)20(32)19-14-6-7-30(11-27)10-16(14)28-29-19/h3,13H,2,4-10H2,1H3,(H,28,29)/b15-3+,18-17-. The summed E-state index contributed by atoms with van der Waals surface area (Å²) in [6, 6.07) is 0. The second-order valence-corrected chi connectivity index (χ2v) is 7.72. The number of allylic oxidation sites excluding steroid dienone is 5. The quantitative estimate of drug-likeness (QED) is 0.417. The number of piperidine rings is 1. The highest BCUT2D eigenvalue weighted by Crippen LogP contribution is 2.41. The van der Waals surface area contributed by atoms with Crippen molar-refractivity contribution in [3.8, 4) is 6.19 Å². The fraction of sp³-hybridized carbons (Fsp3) is 0.476. The van der Waals surface area contributed by atoms with Crippen molar-refractivity contribution in [3.05, 3.63) is 52.4 Å². The maximum Gasteiger partial charge on any atom is 0.419 e. The Kier molecular flexibility index (Phi) is 6.71. The summed E-state index contributed by atoms with van der Waals surface area (Å²) in [4.78, 5) is 15.9. The van der Waals surface area contributed by atoms with Crippen LogP contribution in [0.2, 0.25) is 0 Å². The van der Waals surface area contributed by atoms with Crippen LogP contribution in [-0.4, -0.2) is 51.7 Å². The lowest BCUT2D eigenvalue weighted by molar-refractivity contribution is -0.0921. The van der Waals surface area contributed by atoms with Gasteiger partial charge in [0, 0.05) is 25.2 Å². The molecule has 0 aliphatic carbocycles. The summed E-state index contributed by atoms with van der Waals surface area (Å²) in [7, 11) is 0. The summed E-state index contributed by atoms with van der Waals surface area (Å²) >= 11 is 0. The zero-order valence-corrected chi connectivity index (χ0v) is 17.4. The second-order valence-electron chi connectivity index (χ2n) is 7.72. The van der Waals surface area contributed by atoms with Gasteiger partial charge in [0.15, 0.2) is 23.5 Å². The number of fused-ring (bicyclic) bond motifs is 1. The average molecular weight is 455 g/mol. The van der Waals surface area contributed by atoms with Crippen LogP contribution in [0.15, 0.2) is 35.5 Å². The molecule has 1 fully saturated rings. The minimum absolute atomic E-state index is 0.129. The van der Waals surface area contributed by atoms with E-state index in [2.05, 4.69) is 16.8 Å². The van der Waals surface area contributed by atoms with Gasteiger partial charge in [-0.15, -0.1) is 0 Å². The first-order valence-corrected chi connectivity index (χ1v) is 10.1. The number of alkyl halides is 3. The van der Waals surface area contributed by atoms with Gasteiger partial charge in [-0.05, 0) is 43.8 Å². The Hall–Kier alpha value is -3.16. The zero-order valence-electron chi connectivity index (χ0n) is 17.4. The predicted molar refractivity (Wildman–Crippen MR) is 105 cm³/mol. The number of amides is 1. The van der Waals surface area contributed by atoms with E-state index >= 15 is 0 Å². The number of aromatic amines is 1. The lowest BCUT2D eigenvalue weighted by Gasteiger charge is -2.34. The maximum absolute atomic E-state index is 14.1. The van der Waals surface area contributed by atoms with Crippen LogP contribution in [0.3, 0.4) is 0 Å². The van der Waals surface area contributed by atoms with Crippen molar-refractivity contribution in [2.75, 3.05) is 19.6 Å². The Morgan fingerprint density at radius 3 is 2.50 bits per heavy atom. The van der Waals surface area contributed by atoms with E-state index in [1.807, 2.05) is 6.19 Å². The van der Waals surface area contributed by atoms with E-state index in [1.54, 1.807) is 0 Å². The third kappa shape index (κ3) is 4.54. The number of nitriles is 1. The summed E-state index contributed by atoms with van der Waals surface area (Å²) in [5, 5.41) is 15.9. The van der Waals surface area contributed by atoms with Crippen molar-refractivity contribution in [1.29, 1.82) is 5.26 Å². The summed E-state index contributed by atoms with van der Waals surface area (Å²) in [5.41, 5.74) is -0.550. The molecule has 2 aliphatic heterocycles. The topological polar surface area (TPSA) is 76.0 Å². The minimum Gasteiger partial charge on any atom is -0.337 e. The van der Waals surface area contributed by atoms with Gasteiger partial charge in [-0.25, -0.2) is 8.78 Å². The van der Waals surface area contributed by atoms with Gasteiger partial charge in [0.2, 0.25) is 0 Å². The molecule has 6 nitrogen and oxygen atoms in total. The molecule has 2 aliphatic rings. The molecule has 32 heavy (non-hydrogen) atoms. The van der Waals surface area contributed by atoms with Crippen LogP contribution in [0.4, 0.5) is 22.0 Å². The molecule has 0 bridgehead atoms. The highest BCUT2D eigenvalue weighted by atomic mass is 19.4. The van der Waals surface area contributed by atoms with Crippen LogP contribution in [0.25, 0.3) is 0 Å².